The van der Waals surface area contributed by atoms with Gasteiger partial charge in [-0.05, 0) is 31.5 Å². The summed E-state index contributed by atoms with van der Waals surface area (Å²) in [7, 11) is 0. The molecule has 1 aliphatic heterocycles. The molecule has 2 N–H and O–H groups in total. The van der Waals surface area contributed by atoms with Crippen molar-refractivity contribution in [3.05, 3.63) is 47.4 Å². The standard InChI is InChI=1S/C14H14N4O2/c1-8-12(9(2)19)13(10-3-5-11(20)6-4-10)18-14(17-8)15-7-16-18/h3-7,13,20H,1-2H3,(H,15,16,17)/t13-/m0/s1. The van der Waals surface area contributed by atoms with E-state index >= 15 is 0 Å². The summed E-state index contributed by atoms with van der Waals surface area (Å²) in [4.78, 5) is 16.1. The van der Waals surface area contributed by atoms with Gasteiger partial charge in [0.05, 0.1) is 0 Å². The van der Waals surface area contributed by atoms with Crippen LogP contribution in [0.3, 0.4) is 0 Å². The molecule has 0 saturated heterocycles. The van der Waals surface area contributed by atoms with Gasteiger partial charge in [0.15, 0.2) is 5.78 Å². The summed E-state index contributed by atoms with van der Waals surface area (Å²) in [6, 6.07) is 6.44. The number of rotatable bonds is 2. The maximum absolute atomic E-state index is 12.0. The van der Waals surface area contributed by atoms with Crippen molar-refractivity contribution < 1.29 is 9.90 Å². The molecule has 1 aromatic heterocycles. The van der Waals surface area contributed by atoms with Gasteiger partial charge in [-0.15, -0.1) is 0 Å². The van der Waals surface area contributed by atoms with Crippen molar-refractivity contribution in [3.8, 4) is 5.75 Å². The fraction of sp³-hybridized carbons (Fsp3) is 0.214. The van der Waals surface area contributed by atoms with E-state index in [2.05, 4.69) is 15.4 Å². The number of carbonyl (C=O) groups excluding carboxylic acids is 1. The number of allylic oxidation sites excluding steroid dienone is 2. The van der Waals surface area contributed by atoms with Crippen LogP contribution in [0, 0.1) is 0 Å². The van der Waals surface area contributed by atoms with E-state index in [0.29, 0.717) is 11.5 Å². The Hall–Kier alpha value is -2.63. The number of nitrogens with zero attached hydrogens (tertiary/aromatic N) is 3. The number of fused-ring (bicyclic) bond motifs is 1. The first-order valence-electron chi connectivity index (χ1n) is 6.25. The highest BCUT2D eigenvalue weighted by Gasteiger charge is 2.31. The van der Waals surface area contributed by atoms with Crippen molar-refractivity contribution in [2.75, 3.05) is 5.32 Å². The van der Waals surface area contributed by atoms with E-state index in [1.165, 1.54) is 13.3 Å². The van der Waals surface area contributed by atoms with E-state index < -0.39 is 0 Å². The molecule has 6 nitrogen and oxygen atoms in total. The molecule has 102 valence electrons. The fourth-order valence-electron chi connectivity index (χ4n) is 2.51. The Kier molecular flexibility index (Phi) is 2.78. The summed E-state index contributed by atoms with van der Waals surface area (Å²) in [6.45, 7) is 3.39. The lowest BCUT2D eigenvalue weighted by atomic mass is 9.93. The molecule has 2 heterocycles. The largest absolute Gasteiger partial charge is 0.508 e. The van der Waals surface area contributed by atoms with Gasteiger partial charge in [-0.25, -0.2) is 4.68 Å². The fourth-order valence-corrected chi connectivity index (χ4v) is 2.51. The normalized spacial score (nSPS) is 17.6. The monoisotopic (exact) mass is 270 g/mol. The Morgan fingerprint density at radius 3 is 2.70 bits per heavy atom. The zero-order valence-corrected chi connectivity index (χ0v) is 11.2. The quantitative estimate of drug-likeness (QED) is 0.870. The number of aromatic nitrogens is 3. The molecule has 0 bridgehead atoms. The maximum atomic E-state index is 12.0. The highest BCUT2D eigenvalue weighted by Crippen LogP contribution is 2.35. The van der Waals surface area contributed by atoms with Gasteiger partial charge in [0.25, 0.3) is 0 Å². The predicted octanol–water partition coefficient (Wildman–Crippen LogP) is 1.86. The number of Topliss-reactive ketones (excluding diaryl/α,β-unsaturated/α-hetero) is 1. The molecular weight excluding hydrogens is 256 g/mol. The molecule has 1 aliphatic rings. The first kappa shape index (κ1) is 12.4. The van der Waals surface area contributed by atoms with Gasteiger partial charge in [0.2, 0.25) is 5.95 Å². The number of carbonyl (C=O) groups is 1. The van der Waals surface area contributed by atoms with Crippen LogP contribution in [-0.2, 0) is 4.79 Å². The highest BCUT2D eigenvalue weighted by atomic mass is 16.3. The molecule has 2 aromatic rings. The lowest BCUT2D eigenvalue weighted by Crippen LogP contribution is -2.27. The van der Waals surface area contributed by atoms with Crippen molar-refractivity contribution in [2.24, 2.45) is 0 Å². The third kappa shape index (κ3) is 1.85. The minimum absolute atomic E-state index is 0.0192. The van der Waals surface area contributed by atoms with Crippen molar-refractivity contribution in [1.29, 1.82) is 0 Å². The minimum Gasteiger partial charge on any atom is -0.508 e. The van der Waals surface area contributed by atoms with E-state index in [9.17, 15) is 9.90 Å². The molecule has 20 heavy (non-hydrogen) atoms. The minimum atomic E-state index is -0.327. The van der Waals surface area contributed by atoms with E-state index in [1.807, 2.05) is 6.92 Å². The molecule has 0 saturated carbocycles. The summed E-state index contributed by atoms with van der Waals surface area (Å²) in [5.41, 5.74) is 2.30. The third-order valence-corrected chi connectivity index (χ3v) is 3.38. The smallest absolute Gasteiger partial charge is 0.226 e. The van der Waals surface area contributed by atoms with Crippen LogP contribution in [0.15, 0.2) is 41.9 Å². The second kappa shape index (κ2) is 4.48. The van der Waals surface area contributed by atoms with Crippen molar-refractivity contribution in [1.82, 2.24) is 14.8 Å². The van der Waals surface area contributed by atoms with Crippen LogP contribution in [0.2, 0.25) is 0 Å². The maximum Gasteiger partial charge on any atom is 0.226 e. The SMILES string of the molecule is CC(=O)C1=C(C)Nc2ncnn2[C@H]1c1ccc(O)cc1. The summed E-state index contributed by atoms with van der Waals surface area (Å²) >= 11 is 0. The Bertz CT molecular complexity index is 700. The molecule has 0 spiro atoms. The molecule has 0 aliphatic carbocycles. The first-order valence-corrected chi connectivity index (χ1v) is 6.25. The van der Waals surface area contributed by atoms with Gasteiger partial charge in [-0.2, -0.15) is 10.1 Å². The molecule has 1 aromatic carbocycles. The number of anilines is 1. The van der Waals surface area contributed by atoms with Crippen molar-refractivity contribution in [2.45, 2.75) is 19.9 Å². The Labute approximate surface area is 115 Å². The molecule has 6 heteroatoms. The number of aromatic hydroxyl groups is 1. The number of phenols is 1. The van der Waals surface area contributed by atoms with E-state index in [4.69, 9.17) is 0 Å². The number of nitrogens with one attached hydrogen (secondary N) is 1. The van der Waals surface area contributed by atoms with Crippen LogP contribution in [0.4, 0.5) is 5.95 Å². The van der Waals surface area contributed by atoms with Gasteiger partial charge in [-0.1, -0.05) is 12.1 Å². The zero-order valence-electron chi connectivity index (χ0n) is 11.2. The van der Waals surface area contributed by atoms with Gasteiger partial charge < -0.3 is 10.4 Å². The molecule has 3 rings (SSSR count). The van der Waals surface area contributed by atoms with Crippen molar-refractivity contribution in [3.63, 3.8) is 0 Å². The molecule has 0 fully saturated rings. The highest BCUT2D eigenvalue weighted by molar-refractivity contribution is 5.96. The second-order valence-electron chi connectivity index (χ2n) is 4.74. The van der Waals surface area contributed by atoms with E-state index in [0.717, 1.165) is 11.3 Å². The van der Waals surface area contributed by atoms with Crippen LogP contribution in [0.1, 0.15) is 25.5 Å². The number of benzene rings is 1. The lowest BCUT2D eigenvalue weighted by Gasteiger charge is -2.28. The van der Waals surface area contributed by atoms with Crippen LogP contribution in [-0.4, -0.2) is 25.7 Å². The lowest BCUT2D eigenvalue weighted by molar-refractivity contribution is -0.114. The second-order valence-corrected chi connectivity index (χ2v) is 4.74. The topological polar surface area (TPSA) is 80.0 Å². The molecule has 1 atom stereocenters. The number of ketones is 1. The summed E-state index contributed by atoms with van der Waals surface area (Å²) in [5, 5.41) is 16.7. The van der Waals surface area contributed by atoms with Crippen LogP contribution < -0.4 is 5.32 Å². The molecule has 0 radical (unpaired) electrons. The van der Waals surface area contributed by atoms with Crippen LogP contribution in [0.25, 0.3) is 0 Å². The molecular formula is C14H14N4O2. The number of phenolic OH excluding ortho intramolecular Hbond substituents is 1. The van der Waals surface area contributed by atoms with Gasteiger partial charge in [-0.3, -0.25) is 4.79 Å². The first-order chi connectivity index (χ1) is 9.58. The third-order valence-electron chi connectivity index (χ3n) is 3.38. The predicted molar refractivity (Wildman–Crippen MR) is 73.3 cm³/mol. The summed E-state index contributed by atoms with van der Waals surface area (Å²) in [6.07, 6.45) is 1.45. The molecule has 0 amide bonds. The number of hydrogen-bond donors (Lipinski definition) is 2. The van der Waals surface area contributed by atoms with E-state index in [1.54, 1.807) is 28.9 Å². The van der Waals surface area contributed by atoms with E-state index in [-0.39, 0.29) is 17.6 Å². The average Bonchev–Trinajstić information content (AvgIpc) is 2.85. The summed E-state index contributed by atoms with van der Waals surface area (Å²) in [5.74, 6) is 0.770. The Morgan fingerprint density at radius 2 is 2.05 bits per heavy atom. The Balaban J connectivity index is 2.19. The van der Waals surface area contributed by atoms with Gasteiger partial charge in [0, 0.05) is 11.3 Å². The van der Waals surface area contributed by atoms with Gasteiger partial charge >= 0.3 is 0 Å². The average molecular weight is 270 g/mol. The van der Waals surface area contributed by atoms with Crippen molar-refractivity contribution >= 4 is 11.7 Å². The Morgan fingerprint density at radius 1 is 1.35 bits per heavy atom. The number of hydrogen-bond acceptors (Lipinski definition) is 5. The molecule has 0 unspecified atom stereocenters. The van der Waals surface area contributed by atoms with Crippen LogP contribution in [0.5, 0.6) is 5.75 Å². The van der Waals surface area contributed by atoms with Gasteiger partial charge in [0.1, 0.15) is 18.1 Å². The summed E-state index contributed by atoms with van der Waals surface area (Å²) < 4.78 is 1.68. The van der Waals surface area contributed by atoms with Crippen LogP contribution >= 0.6 is 0 Å². The zero-order chi connectivity index (χ0) is 14.3.